The molecule has 0 unspecified atom stereocenters. The van der Waals surface area contributed by atoms with Gasteiger partial charge in [0.25, 0.3) is 0 Å². The van der Waals surface area contributed by atoms with Crippen molar-refractivity contribution >= 4 is 20.2 Å². The molecule has 0 fully saturated rings. The van der Waals surface area contributed by atoms with Crippen LogP contribution in [0.3, 0.4) is 0 Å². The Bertz CT molecular complexity index is 974. The quantitative estimate of drug-likeness (QED) is 0.212. The Balaban J connectivity index is 2.06. The van der Waals surface area contributed by atoms with E-state index < -0.39 is 64.0 Å². The summed E-state index contributed by atoms with van der Waals surface area (Å²) in [5.74, 6) is -1.09. The van der Waals surface area contributed by atoms with E-state index in [2.05, 4.69) is 8.37 Å². The van der Waals surface area contributed by atoms with Gasteiger partial charge in [-0.1, -0.05) is 0 Å². The van der Waals surface area contributed by atoms with E-state index in [-0.39, 0.29) is 0 Å². The fourth-order valence-electron chi connectivity index (χ4n) is 1.58. The molecule has 0 radical (unpaired) electrons. The first-order valence-electron chi connectivity index (χ1n) is 6.97. The third-order valence-electron chi connectivity index (χ3n) is 2.82. The molecule has 0 amide bonds. The van der Waals surface area contributed by atoms with Crippen LogP contribution in [0.5, 0.6) is 11.5 Å². The summed E-state index contributed by atoms with van der Waals surface area (Å²) in [6, 6.07) is 9.38. The zero-order chi connectivity index (χ0) is 22.1. The topological polar surface area (TPSA) is 86.7 Å². The van der Waals surface area contributed by atoms with E-state index in [9.17, 15) is 43.2 Å². The fraction of sp³-hybridized carbons (Fsp3) is 0.143. The van der Waals surface area contributed by atoms with Crippen molar-refractivity contribution in [2.24, 2.45) is 0 Å². The molecular weight excluding hydrogens is 569 g/mol. The van der Waals surface area contributed by atoms with Gasteiger partial charge in [0.2, 0.25) is 0 Å². The summed E-state index contributed by atoms with van der Waals surface area (Å²) in [5.41, 5.74) is -11.1. The lowest BCUT2D eigenvalue weighted by atomic mass is 10.3. The van der Waals surface area contributed by atoms with Crippen molar-refractivity contribution < 1.29 is 72.7 Å². The van der Waals surface area contributed by atoms with Gasteiger partial charge < -0.3 is 8.37 Å². The summed E-state index contributed by atoms with van der Waals surface area (Å²) in [5, 5.41) is 0. The third kappa shape index (κ3) is 6.11. The molecule has 2 aromatic carbocycles. The average molecular weight is 577 g/mol. The van der Waals surface area contributed by atoms with E-state index in [1.54, 1.807) is 0 Å². The number of hydrogen-bond donors (Lipinski definition) is 0. The van der Waals surface area contributed by atoms with Crippen molar-refractivity contribution in [3.8, 4) is 11.5 Å². The molecule has 29 heavy (non-hydrogen) atoms. The highest BCUT2D eigenvalue weighted by Gasteiger charge is 2.49. The van der Waals surface area contributed by atoms with Crippen molar-refractivity contribution in [2.75, 3.05) is 0 Å². The Morgan fingerprint density at radius 2 is 0.862 bits per heavy atom. The van der Waals surface area contributed by atoms with E-state index in [1.165, 1.54) is 24.3 Å². The molecule has 0 heterocycles. The fourth-order valence-corrected chi connectivity index (χ4v) is 4.66. The van der Waals surface area contributed by atoms with Gasteiger partial charge in [0.1, 0.15) is 11.5 Å². The number of alkyl halides is 6. The molecule has 2 rings (SSSR count). The predicted molar refractivity (Wildman–Crippen MR) is 81.5 cm³/mol. The molecular formula is C14H8F6IO6S2+. The van der Waals surface area contributed by atoms with E-state index >= 15 is 0 Å². The molecule has 0 spiro atoms. The maximum atomic E-state index is 12.3. The van der Waals surface area contributed by atoms with Crippen LogP contribution in [0.25, 0.3) is 0 Å². The molecule has 0 aliphatic heterocycles. The smallest absolute Gasteiger partial charge is 0.376 e. The largest absolute Gasteiger partial charge is 0.534 e. The molecule has 15 heteroatoms. The molecule has 0 aliphatic rings. The van der Waals surface area contributed by atoms with Crippen LogP contribution < -0.4 is 29.6 Å². The van der Waals surface area contributed by atoms with Gasteiger partial charge in [-0.3, -0.25) is 0 Å². The van der Waals surface area contributed by atoms with Crippen LogP contribution >= 0.6 is 0 Å². The first-order valence-corrected chi connectivity index (χ1v) is 11.9. The van der Waals surface area contributed by atoms with E-state index in [0.29, 0.717) is 7.14 Å². The molecule has 0 bridgehead atoms. The van der Waals surface area contributed by atoms with Gasteiger partial charge in [0.05, 0.1) is 0 Å². The number of halogens is 7. The molecule has 0 saturated heterocycles. The number of benzene rings is 2. The Morgan fingerprint density at radius 1 is 0.586 bits per heavy atom. The van der Waals surface area contributed by atoms with E-state index in [1.807, 2.05) is 0 Å². The highest BCUT2D eigenvalue weighted by molar-refractivity contribution is 7.88. The van der Waals surface area contributed by atoms with Gasteiger partial charge in [0.15, 0.2) is 7.14 Å². The van der Waals surface area contributed by atoms with Gasteiger partial charge in [-0.15, -0.1) is 0 Å². The van der Waals surface area contributed by atoms with Crippen LogP contribution in [0.15, 0.2) is 48.5 Å². The van der Waals surface area contributed by atoms with Crippen LogP contribution in [0.1, 0.15) is 0 Å². The lowest BCUT2D eigenvalue weighted by molar-refractivity contribution is -0.597. The normalized spacial score (nSPS) is 13.2. The predicted octanol–water partition coefficient (Wildman–Crippen LogP) is 0.272. The first kappa shape index (κ1) is 23.5. The highest BCUT2D eigenvalue weighted by Crippen LogP contribution is 2.27. The SMILES string of the molecule is O=S(=O)(Oc1ccc([I+]c2ccc(OS(=O)(=O)C(F)(F)F)cc2)cc1)C(F)(F)F. The summed E-state index contributed by atoms with van der Waals surface area (Å²) < 4.78 is 126. The molecule has 6 nitrogen and oxygen atoms in total. The minimum Gasteiger partial charge on any atom is -0.376 e. The van der Waals surface area contributed by atoms with E-state index in [4.69, 9.17) is 0 Å². The number of hydrogen-bond acceptors (Lipinski definition) is 6. The molecule has 160 valence electrons. The summed E-state index contributed by atoms with van der Waals surface area (Å²) >= 11 is -0.966. The first-order chi connectivity index (χ1) is 13.1. The van der Waals surface area contributed by atoms with Crippen molar-refractivity contribution in [3.63, 3.8) is 0 Å². The van der Waals surface area contributed by atoms with Gasteiger partial charge in [-0.25, -0.2) is 0 Å². The summed E-state index contributed by atoms with van der Waals surface area (Å²) in [7, 11) is -11.6. The summed E-state index contributed by atoms with van der Waals surface area (Å²) in [6.45, 7) is 0. The lowest BCUT2D eigenvalue weighted by Gasteiger charge is -2.08. The van der Waals surface area contributed by atoms with Crippen LogP contribution in [0.4, 0.5) is 26.3 Å². The number of rotatable bonds is 6. The highest BCUT2D eigenvalue weighted by atomic mass is 127. The molecule has 2 aromatic rings. The van der Waals surface area contributed by atoms with Gasteiger partial charge >= 0.3 is 52.5 Å². The zero-order valence-electron chi connectivity index (χ0n) is 13.5. The van der Waals surface area contributed by atoms with Gasteiger partial charge in [0, 0.05) is 0 Å². The minimum atomic E-state index is -5.79. The van der Waals surface area contributed by atoms with Crippen molar-refractivity contribution in [2.45, 2.75) is 11.0 Å². The Labute approximate surface area is 170 Å². The average Bonchev–Trinajstić information content (AvgIpc) is 2.56. The second kappa shape index (κ2) is 8.17. The maximum absolute atomic E-state index is 12.3. The van der Waals surface area contributed by atoms with Gasteiger partial charge in [-0.2, -0.15) is 43.2 Å². The third-order valence-corrected chi connectivity index (χ3v) is 7.47. The van der Waals surface area contributed by atoms with E-state index in [0.717, 1.165) is 24.3 Å². The van der Waals surface area contributed by atoms with Crippen LogP contribution in [-0.4, -0.2) is 27.9 Å². The Kier molecular flexibility index (Phi) is 6.63. The zero-order valence-corrected chi connectivity index (χ0v) is 17.3. The monoisotopic (exact) mass is 577 g/mol. The second-order valence-corrected chi connectivity index (χ2v) is 11.1. The van der Waals surface area contributed by atoms with Crippen LogP contribution in [0.2, 0.25) is 0 Å². The summed E-state index contributed by atoms with van der Waals surface area (Å²) in [6.07, 6.45) is 0. The van der Waals surface area contributed by atoms with Crippen molar-refractivity contribution in [1.29, 1.82) is 0 Å². The van der Waals surface area contributed by atoms with Crippen LogP contribution in [-0.2, 0) is 20.2 Å². The Morgan fingerprint density at radius 3 is 1.10 bits per heavy atom. The molecule has 0 saturated carbocycles. The minimum absolute atomic E-state index is 0.545. The standard InChI is InChI=1S/C14H8F6IO6S2/c15-13(16,17)28(22,23)26-11-5-1-9(2-6-11)21-10-3-7-12(8-4-10)27-29(24,25)14(18,19)20/h1-8H/q+1. The van der Waals surface area contributed by atoms with Crippen molar-refractivity contribution in [1.82, 2.24) is 0 Å². The van der Waals surface area contributed by atoms with Crippen LogP contribution in [0, 0.1) is 7.14 Å². The summed E-state index contributed by atoms with van der Waals surface area (Å²) in [4.78, 5) is 0. The lowest BCUT2D eigenvalue weighted by Crippen LogP contribution is -3.61. The molecule has 0 atom stereocenters. The van der Waals surface area contributed by atoms with Crippen molar-refractivity contribution in [3.05, 3.63) is 55.7 Å². The van der Waals surface area contributed by atoms with Gasteiger partial charge in [-0.05, 0) is 48.5 Å². The molecule has 0 aliphatic carbocycles. The second-order valence-electron chi connectivity index (χ2n) is 4.97. The maximum Gasteiger partial charge on any atom is 0.534 e. The molecule has 0 aromatic heterocycles. The Hall–Kier alpha value is -1.75. The molecule has 0 N–H and O–H groups in total.